The third kappa shape index (κ3) is 3.94. The summed E-state index contributed by atoms with van der Waals surface area (Å²) in [5, 5.41) is 14.6. The van der Waals surface area contributed by atoms with Crippen LogP contribution in [0.15, 0.2) is 18.6 Å². The lowest BCUT2D eigenvalue weighted by atomic mass is 10.1. The number of nitrogens with one attached hydrogen (secondary N) is 2. The molecular weight excluding hydrogens is 332 g/mol. The summed E-state index contributed by atoms with van der Waals surface area (Å²) >= 11 is 0. The number of aromatic nitrogens is 5. The minimum Gasteiger partial charge on any atom is -0.340 e. The van der Waals surface area contributed by atoms with Crippen molar-refractivity contribution in [2.24, 2.45) is 13.0 Å². The van der Waals surface area contributed by atoms with Crippen molar-refractivity contribution in [2.75, 3.05) is 32.7 Å². The zero-order chi connectivity index (χ0) is 17.9. The molecule has 1 amide bonds. The molecule has 9 nitrogen and oxygen atoms in total. The molecule has 2 aromatic heterocycles. The maximum atomic E-state index is 12.6. The van der Waals surface area contributed by atoms with Crippen LogP contribution in [0.4, 0.5) is 0 Å². The number of carbonyl (C=O) groups excluding carboxylic acids is 1. The normalized spacial score (nSPS) is 19.4. The molecule has 1 atom stereocenters. The number of rotatable bonds is 7. The van der Waals surface area contributed by atoms with Gasteiger partial charge in [-0.3, -0.25) is 14.4 Å². The molecule has 0 radical (unpaired) electrons. The monoisotopic (exact) mass is 358 g/mol. The molecule has 1 aliphatic carbocycles. The van der Waals surface area contributed by atoms with Gasteiger partial charge in [-0.05, 0) is 18.8 Å². The molecule has 3 heterocycles. The van der Waals surface area contributed by atoms with Crippen LogP contribution in [0, 0.1) is 5.92 Å². The summed E-state index contributed by atoms with van der Waals surface area (Å²) in [6.07, 6.45) is 7.65. The first-order chi connectivity index (χ1) is 12.7. The number of aryl methyl sites for hydroxylation is 1. The van der Waals surface area contributed by atoms with E-state index in [-0.39, 0.29) is 11.9 Å². The minimum absolute atomic E-state index is 0.0616. The molecular formula is C17H26N8O. The summed E-state index contributed by atoms with van der Waals surface area (Å²) < 4.78 is 3.72. The number of carbonyl (C=O) groups is 1. The maximum absolute atomic E-state index is 12.6. The Labute approximate surface area is 152 Å². The summed E-state index contributed by atoms with van der Waals surface area (Å²) in [5.74, 6) is 1.17. The molecule has 0 unspecified atom stereocenters. The molecule has 0 bridgehead atoms. The van der Waals surface area contributed by atoms with Gasteiger partial charge in [0.05, 0.1) is 18.8 Å². The lowest BCUT2D eigenvalue weighted by Crippen LogP contribution is -2.44. The third-order valence-corrected chi connectivity index (χ3v) is 5.14. The largest absolute Gasteiger partial charge is 0.340 e. The summed E-state index contributed by atoms with van der Waals surface area (Å²) in [7, 11) is 1.95. The Bertz CT molecular complexity index is 744. The van der Waals surface area contributed by atoms with Gasteiger partial charge in [0.25, 0.3) is 5.91 Å². The van der Waals surface area contributed by atoms with Crippen LogP contribution in [-0.2, 0) is 13.6 Å². The van der Waals surface area contributed by atoms with E-state index >= 15 is 0 Å². The lowest BCUT2D eigenvalue weighted by molar-refractivity contribution is 0.0923. The minimum atomic E-state index is -0.182. The van der Waals surface area contributed by atoms with E-state index in [1.807, 2.05) is 17.8 Å². The van der Waals surface area contributed by atoms with Crippen molar-refractivity contribution in [3.63, 3.8) is 0 Å². The predicted octanol–water partition coefficient (Wildman–Crippen LogP) is -0.202. The van der Waals surface area contributed by atoms with Crippen LogP contribution in [0.2, 0.25) is 0 Å². The highest BCUT2D eigenvalue weighted by Gasteiger charge is 2.36. The summed E-state index contributed by atoms with van der Waals surface area (Å²) in [5.41, 5.74) is 0.366. The van der Waals surface area contributed by atoms with Crippen molar-refractivity contribution < 1.29 is 4.79 Å². The van der Waals surface area contributed by atoms with Gasteiger partial charge < -0.3 is 15.2 Å². The molecule has 1 aliphatic heterocycles. The molecule has 2 aliphatic rings. The van der Waals surface area contributed by atoms with E-state index in [1.54, 1.807) is 17.1 Å². The average Bonchev–Trinajstić information content (AvgIpc) is 3.23. The van der Waals surface area contributed by atoms with Crippen molar-refractivity contribution in [1.29, 1.82) is 0 Å². The quantitative estimate of drug-likeness (QED) is 0.712. The fraction of sp³-hybridized carbons (Fsp3) is 0.647. The first kappa shape index (κ1) is 17.2. The van der Waals surface area contributed by atoms with Crippen LogP contribution in [0.1, 0.15) is 35.2 Å². The molecule has 140 valence electrons. The van der Waals surface area contributed by atoms with E-state index in [4.69, 9.17) is 0 Å². The highest BCUT2D eigenvalue weighted by molar-refractivity contribution is 5.92. The lowest BCUT2D eigenvalue weighted by Gasteiger charge is -2.26. The number of piperazine rings is 1. The van der Waals surface area contributed by atoms with E-state index in [2.05, 4.69) is 30.8 Å². The summed E-state index contributed by atoms with van der Waals surface area (Å²) in [6, 6.07) is -0.0616. The number of hydrogen-bond donors (Lipinski definition) is 2. The third-order valence-electron chi connectivity index (χ3n) is 5.14. The fourth-order valence-corrected chi connectivity index (χ4v) is 3.41. The number of nitrogens with zero attached hydrogens (tertiary/aromatic N) is 6. The molecule has 26 heavy (non-hydrogen) atoms. The van der Waals surface area contributed by atoms with Crippen LogP contribution in [0.5, 0.6) is 0 Å². The van der Waals surface area contributed by atoms with E-state index in [9.17, 15) is 4.79 Å². The smallest absolute Gasteiger partial charge is 0.274 e. The Kier molecular flexibility index (Phi) is 4.98. The van der Waals surface area contributed by atoms with Gasteiger partial charge >= 0.3 is 0 Å². The van der Waals surface area contributed by atoms with E-state index < -0.39 is 0 Å². The van der Waals surface area contributed by atoms with Gasteiger partial charge in [0.15, 0.2) is 5.69 Å². The summed E-state index contributed by atoms with van der Waals surface area (Å²) in [4.78, 5) is 19.4. The van der Waals surface area contributed by atoms with Gasteiger partial charge in [0.1, 0.15) is 5.82 Å². The van der Waals surface area contributed by atoms with E-state index in [1.165, 1.54) is 0 Å². The Morgan fingerprint density at radius 3 is 2.85 bits per heavy atom. The highest BCUT2D eigenvalue weighted by atomic mass is 16.2. The fourth-order valence-electron chi connectivity index (χ4n) is 3.41. The van der Waals surface area contributed by atoms with Gasteiger partial charge in [-0.1, -0.05) is 5.21 Å². The van der Waals surface area contributed by atoms with Crippen molar-refractivity contribution in [3.05, 3.63) is 30.1 Å². The molecule has 0 spiro atoms. The van der Waals surface area contributed by atoms with Gasteiger partial charge in [0.2, 0.25) is 0 Å². The van der Waals surface area contributed by atoms with Crippen LogP contribution >= 0.6 is 0 Å². The standard InChI is InChI=1S/C17H26N8O/c1-23-7-6-19-16(23)15(13-2-3-13)20-17(26)14-12-25(22-21-14)11-10-24-8-4-18-5-9-24/h6-7,12-13,15,18H,2-5,8-11H2,1H3,(H,20,26)/t15-/m0/s1. The molecule has 2 N–H and O–H groups in total. The van der Waals surface area contributed by atoms with Crippen LogP contribution in [0.25, 0.3) is 0 Å². The Hall–Kier alpha value is -2.26. The second kappa shape index (κ2) is 7.55. The predicted molar refractivity (Wildman–Crippen MR) is 95.5 cm³/mol. The zero-order valence-corrected chi connectivity index (χ0v) is 15.1. The van der Waals surface area contributed by atoms with Crippen LogP contribution < -0.4 is 10.6 Å². The van der Waals surface area contributed by atoms with Crippen molar-refractivity contribution in [1.82, 2.24) is 40.1 Å². The maximum Gasteiger partial charge on any atom is 0.274 e. The Morgan fingerprint density at radius 2 is 2.15 bits per heavy atom. The van der Waals surface area contributed by atoms with E-state index in [0.29, 0.717) is 11.6 Å². The number of hydrogen-bond acceptors (Lipinski definition) is 6. The zero-order valence-electron chi connectivity index (χ0n) is 15.1. The van der Waals surface area contributed by atoms with Gasteiger partial charge in [-0.2, -0.15) is 0 Å². The second-order valence-corrected chi connectivity index (χ2v) is 7.14. The Morgan fingerprint density at radius 1 is 1.35 bits per heavy atom. The molecule has 2 aromatic rings. The van der Waals surface area contributed by atoms with Crippen molar-refractivity contribution in [3.8, 4) is 0 Å². The topological polar surface area (TPSA) is 92.9 Å². The van der Waals surface area contributed by atoms with Crippen LogP contribution in [-0.4, -0.2) is 68.1 Å². The highest BCUT2D eigenvalue weighted by Crippen LogP contribution is 2.40. The number of amides is 1. The molecule has 2 fully saturated rings. The van der Waals surface area contributed by atoms with Crippen LogP contribution in [0.3, 0.4) is 0 Å². The SMILES string of the molecule is Cn1ccnc1[C@@H](NC(=O)c1cn(CCN2CCNCC2)nn1)C1CC1. The Balaban J connectivity index is 1.35. The van der Waals surface area contributed by atoms with Gasteiger partial charge in [0, 0.05) is 52.2 Å². The molecule has 1 saturated heterocycles. The van der Waals surface area contributed by atoms with E-state index in [0.717, 1.165) is 57.9 Å². The second-order valence-electron chi connectivity index (χ2n) is 7.14. The van der Waals surface area contributed by atoms with Gasteiger partial charge in [-0.15, -0.1) is 5.10 Å². The van der Waals surface area contributed by atoms with Crippen molar-refractivity contribution in [2.45, 2.75) is 25.4 Å². The summed E-state index contributed by atoms with van der Waals surface area (Å²) in [6.45, 7) is 5.82. The molecule has 4 rings (SSSR count). The average molecular weight is 358 g/mol. The first-order valence-electron chi connectivity index (χ1n) is 9.32. The number of imidazole rings is 1. The molecule has 0 aromatic carbocycles. The van der Waals surface area contributed by atoms with Gasteiger partial charge in [-0.25, -0.2) is 4.98 Å². The molecule has 9 heteroatoms. The molecule has 1 saturated carbocycles. The van der Waals surface area contributed by atoms with Crippen molar-refractivity contribution >= 4 is 5.91 Å². The first-order valence-corrected chi connectivity index (χ1v) is 9.32.